The van der Waals surface area contributed by atoms with E-state index in [4.69, 9.17) is 11.6 Å². The number of hydrogen-bond donors (Lipinski definition) is 1. The Hall–Kier alpha value is -3.23. The molecule has 0 spiro atoms. The second kappa shape index (κ2) is 7.89. The van der Waals surface area contributed by atoms with Crippen LogP contribution in [-0.2, 0) is 4.74 Å². The number of anilines is 1. The van der Waals surface area contributed by atoms with Crippen molar-refractivity contribution in [2.75, 3.05) is 12.4 Å². The van der Waals surface area contributed by atoms with Gasteiger partial charge in [0, 0.05) is 11.6 Å². The maximum atomic E-state index is 12.7. The van der Waals surface area contributed by atoms with Gasteiger partial charge in [0.15, 0.2) is 0 Å². The molecule has 1 amide bonds. The van der Waals surface area contributed by atoms with E-state index in [9.17, 15) is 9.59 Å². The van der Waals surface area contributed by atoms with Crippen molar-refractivity contribution >= 4 is 50.8 Å². The fourth-order valence-corrected chi connectivity index (χ4v) is 4.26. The van der Waals surface area contributed by atoms with Crippen molar-refractivity contribution in [3.05, 3.63) is 69.9 Å². The molecule has 4 rings (SSSR count). The van der Waals surface area contributed by atoms with Gasteiger partial charge in [-0.3, -0.25) is 4.79 Å². The number of methoxy groups -OCH3 is 1. The van der Waals surface area contributed by atoms with Crippen LogP contribution >= 0.6 is 22.9 Å². The summed E-state index contributed by atoms with van der Waals surface area (Å²) in [6, 6.07) is 11.7. The topological polar surface area (TPSA) is 86.1 Å². The van der Waals surface area contributed by atoms with E-state index in [0.29, 0.717) is 27.1 Å². The number of halogens is 1. The van der Waals surface area contributed by atoms with E-state index >= 15 is 0 Å². The summed E-state index contributed by atoms with van der Waals surface area (Å²) in [5, 5.41) is 8.56. The van der Waals surface area contributed by atoms with Crippen molar-refractivity contribution in [3.8, 4) is 5.13 Å². The molecule has 0 aliphatic heterocycles. The Morgan fingerprint density at radius 1 is 1.10 bits per heavy atom. The number of thiazole rings is 1. The first-order chi connectivity index (χ1) is 14.4. The number of ether oxygens (including phenoxy) is 1. The fourth-order valence-electron chi connectivity index (χ4n) is 2.98. The van der Waals surface area contributed by atoms with Gasteiger partial charge in [-0.05, 0) is 49.7 Å². The Balaban J connectivity index is 1.66. The van der Waals surface area contributed by atoms with Gasteiger partial charge in [-0.25, -0.2) is 9.78 Å². The van der Waals surface area contributed by atoms with Gasteiger partial charge in [-0.15, -0.1) is 0 Å². The second-order valence-corrected chi connectivity index (χ2v) is 8.03. The van der Waals surface area contributed by atoms with E-state index in [1.54, 1.807) is 35.0 Å². The summed E-state index contributed by atoms with van der Waals surface area (Å²) in [6.45, 7) is 3.81. The van der Waals surface area contributed by atoms with Crippen LogP contribution in [0.3, 0.4) is 0 Å². The van der Waals surface area contributed by atoms with Crippen molar-refractivity contribution in [2.45, 2.75) is 13.8 Å². The molecule has 2 aromatic carbocycles. The average molecular weight is 441 g/mol. The third-order valence-corrected chi connectivity index (χ3v) is 6.00. The Morgan fingerprint density at radius 2 is 1.80 bits per heavy atom. The zero-order chi connectivity index (χ0) is 21.4. The highest BCUT2D eigenvalue weighted by Gasteiger charge is 2.17. The first kappa shape index (κ1) is 20.1. The quantitative estimate of drug-likeness (QED) is 0.461. The van der Waals surface area contributed by atoms with Gasteiger partial charge in [-0.1, -0.05) is 29.0 Å². The number of carbonyl (C=O) groups excluding carboxylic acids is 2. The number of rotatable bonds is 4. The molecule has 0 fully saturated rings. The number of hydrogen-bond acceptors (Lipinski definition) is 6. The van der Waals surface area contributed by atoms with Gasteiger partial charge >= 0.3 is 5.97 Å². The lowest BCUT2D eigenvalue weighted by Gasteiger charge is -2.07. The Morgan fingerprint density at radius 3 is 2.47 bits per heavy atom. The molecule has 30 heavy (non-hydrogen) atoms. The number of amides is 1. The molecule has 0 aliphatic rings. The van der Waals surface area contributed by atoms with Crippen LogP contribution in [0.5, 0.6) is 0 Å². The smallest absolute Gasteiger partial charge is 0.337 e. The van der Waals surface area contributed by atoms with Crippen molar-refractivity contribution in [1.29, 1.82) is 0 Å². The minimum atomic E-state index is -0.458. The number of aryl methyl sites for hydroxylation is 2. The Labute approximate surface area is 181 Å². The Bertz CT molecular complexity index is 1240. The van der Waals surface area contributed by atoms with Crippen LogP contribution in [0.15, 0.2) is 42.5 Å². The third kappa shape index (κ3) is 3.67. The van der Waals surface area contributed by atoms with Crippen molar-refractivity contribution in [1.82, 2.24) is 14.8 Å². The minimum absolute atomic E-state index is 0.331. The third-order valence-electron chi connectivity index (χ3n) is 4.51. The Kier molecular flexibility index (Phi) is 5.27. The number of nitrogens with one attached hydrogen (secondary N) is 1. The lowest BCUT2D eigenvalue weighted by molar-refractivity contribution is 0.0600. The molecule has 1 N–H and O–H groups in total. The monoisotopic (exact) mass is 440 g/mol. The standard InChI is InChI=1S/C21H17ClN4O3S/c1-11-4-9-15(22)18-17(11)24-21(30-18)26-16(10-12(2)25-26)23-19(27)13-5-7-14(8-6-13)20(28)29-3/h4-10H,1-3H3,(H,23,27). The van der Waals surface area contributed by atoms with E-state index in [2.05, 4.69) is 20.1 Å². The summed E-state index contributed by atoms with van der Waals surface area (Å²) in [6.07, 6.45) is 0. The minimum Gasteiger partial charge on any atom is -0.465 e. The lowest BCUT2D eigenvalue weighted by atomic mass is 10.1. The largest absolute Gasteiger partial charge is 0.465 e. The predicted molar refractivity (Wildman–Crippen MR) is 117 cm³/mol. The summed E-state index contributed by atoms with van der Waals surface area (Å²) in [5.74, 6) is -0.300. The molecule has 2 heterocycles. The van der Waals surface area contributed by atoms with Crippen LogP contribution in [0.1, 0.15) is 32.0 Å². The maximum Gasteiger partial charge on any atom is 0.337 e. The highest BCUT2D eigenvalue weighted by Crippen LogP contribution is 2.34. The second-order valence-electron chi connectivity index (χ2n) is 6.64. The zero-order valence-electron chi connectivity index (χ0n) is 16.4. The molecular formula is C21H17ClN4O3S. The number of carbonyl (C=O) groups is 2. The van der Waals surface area contributed by atoms with Gasteiger partial charge < -0.3 is 10.1 Å². The molecule has 0 atom stereocenters. The predicted octanol–water partition coefficient (Wildman–Crippen LogP) is 4.79. The summed E-state index contributed by atoms with van der Waals surface area (Å²) in [5.41, 5.74) is 3.32. The molecule has 0 bridgehead atoms. The fraction of sp³-hybridized carbons (Fsp3) is 0.143. The summed E-state index contributed by atoms with van der Waals surface area (Å²) in [4.78, 5) is 29.0. The van der Waals surface area contributed by atoms with Crippen LogP contribution in [0.4, 0.5) is 5.82 Å². The van der Waals surface area contributed by atoms with Crippen LogP contribution in [-0.4, -0.2) is 33.8 Å². The highest BCUT2D eigenvalue weighted by molar-refractivity contribution is 7.21. The first-order valence-electron chi connectivity index (χ1n) is 9.00. The van der Waals surface area contributed by atoms with E-state index in [1.807, 2.05) is 26.0 Å². The number of aromatic nitrogens is 3. The first-order valence-corrected chi connectivity index (χ1v) is 10.2. The van der Waals surface area contributed by atoms with Gasteiger partial charge in [0.05, 0.1) is 33.6 Å². The normalized spacial score (nSPS) is 10.9. The van der Waals surface area contributed by atoms with Gasteiger partial charge in [-0.2, -0.15) is 9.78 Å². The molecule has 7 nitrogen and oxygen atoms in total. The highest BCUT2D eigenvalue weighted by atomic mass is 35.5. The number of esters is 1. The lowest BCUT2D eigenvalue weighted by Crippen LogP contribution is -2.15. The molecule has 2 aromatic heterocycles. The molecule has 0 unspecified atom stereocenters. The van der Waals surface area contributed by atoms with Gasteiger partial charge in [0.2, 0.25) is 5.13 Å². The molecule has 0 radical (unpaired) electrons. The molecule has 0 saturated carbocycles. The van der Waals surface area contributed by atoms with Crippen molar-refractivity contribution in [2.24, 2.45) is 0 Å². The van der Waals surface area contributed by atoms with Crippen LogP contribution in [0, 0.1) is 13.8 Å². The maximum absolute atomic E-state index is 12.7. The van der Waals surface area contributed by atoms with Crippen LogP contribution in [0.2, 0.25) is 5.02 Å². The van der Waals surface area contributed by atoms with Crippen molar-refractivity contribution in [3.63, 3.8) is 0 Å². The van der Waals surface area contributed by atoms with Crippen molar-refractivity contribution < 1.29 is 14.3 Å². The number of nitrogens with zero attached hydrogens (tertiary/aromatic N) is 3. The zero-order valence-corrected chi connectivity index (χ0v) is 18.0. The average Bonchev–Trinajstić information content (AvgIpc) is 3.34. The molecular weight excluding hydrogens is 424 g/mol. The molecule has 0 saturated heterocycles. The molecule has 9 heteroatoms. The van der Waals surface area contributed by atoms with Gasteiger partial charge in [0.1, 0.15) is 5.82 Å². The summed E-state index contributed by atoms with van der Waals surface area (Å²) >= 11 is 7.73. The molecule has 4 aromatic rings. The number of fused-ring (bicyclic) bond motifs is 1. The summed E-state index contributed by atoms with van der Waals surface area (Å²) < 4.78 is 7.14. The number of benzene rings is 2. The van der Waals surface area contributed by atoms with E-state index in [0.717, 1.165) is 21.5 Å². The van der Waals surface area contributed by atoms with E-state index < -0.39 is 5.97 Å². The van der Waals surface area contributed by atoms with E-state index in [-0.39, 0.29) is 5.91 Å². The summed E-state index contributed by atoms with van der Waals surface area (Å²) in [7, 11) is 1.31. The molecule has 152 valence electrons. The van der Waals surface area contributed by atoms with Crippen LogP contribution < -0.4 is 5.32 Å². The van der Waals surface area contributed by atoms with Gasteiger partial charge in [0.25, 0.3) is 5.91 Å². The molecule has 0 aliphatic carbocycles. The van der Waals surface area contributed by atoms with Crippen LogP contribution in [0.25, 0.3) is 15.3 Å². The van der Waals surface area contributed by atoms with E-state index in [1.165, 1.54) is 18.4 Å². The SMILES string of the molecule is COC(=O)c1ccc(C(=O)Nc2cc(C)nn2-c2nc3c(C)ccc(Cl)c3s2)cc1.